The number of halogens is 2. The molecular formula is C25H33ClFN5O2. The third-order valence-corrected chi connectivity index (χ3v) is 6.86. The van der Waals surface area contributed by atoms with E-state index in [1.165, 1.54) is 10.6 Å². The Morgan fingerprint density at radius 1 is 1.06 bits per heavy atom. The third-order valence-electron chi connectivity index (χ3n) is 6.51. The largest absolute Gasteiger partial charge is 0.342 e. The van der Waals surface area contributed by atoms with E-state index in [2.05, 4.69) is 18.7 Å². The molecule has 3 aromatic rings. The zero-order valence-corrected chi connectivity index (χ0v) is 21.1. The number of piperidine rings is 1. The van der Waals surface area contributed by atoms with E-state index in [0.29, 0.717) is 46.6 Å². The summed E-state index contributed by atoms with van der Waals surface area (Å²) in [5.74, 6) is 0.485. The van der Waals surface area contributed by atoms with E-state index in [9.17, 15) is 14.0 Å². The summed E-state index contributed by atoms with van der Waals surface area (Å²) >= 11 is 6.37. The minimum Gasteiger partial charge on any atom is -0.342 e. The third kappa shape index (κ3) is 4.52. The topological polar surface area (TPSA) is 65.1 Å². The first kappa shape index (κ1) is 24.5. The number of rotatable bonds is 7. The Labute approximate surface area is 203 Å². The van der Waals surface area contributed by atoms with Crippen LogP contribution < -0.4 is 16.1 Å². The molecule has 0 amide bonds. The van der Waals surface area contributed by atoms with Gasteiger partial charge in [0.25, 0.3) is 5.56 Å². The van der Waals surface area contributed by atoms with E-state index < -0.39 is 5.82 Å². The zero-order chi connectivity index (χ0) is 24.6. The predicted octanol–water partition coefficient (Wildman–Crippen LogP) is 4.82. The first-order chi connectivity index (χ1) is 16.2. The van der Waals surface area contributed by atoms with Crippen molar-refractivity contribution in [3.8, 4) is 0 Å². The van der Waals surface area contributed by atoms with Crippen molar-refractivity contribution < 1.29 is 4.39 Å². The van der Waals surface area contributed by atoms with Crippen LogP contribution >= 0.6 is 11.6 Å². The van der Waals surface area contributed by atoms with Crippen molar-refractivity contribution in [3.63, 3.8) is 0 Å². The molecule has 0 atom stereocenters. The lowest BCUT2D eigenvalue weighted by Gasteiger charge is -2.28. The number of nitrogens with zero attached hydrogens (tertiary/aromatic N) is 5. The van der Waals surface area contributed by atoms with Crippen molar-refractivity contribution in [2.75, 3.05) is 18.0 Å². The molecule has 0 radical (unpaired) electrons. The summed E-state index contributed by atoms with van der Waals surface area (Å²) in [6, 6.07) is 4.38. The van der Waals surface area contributed by atoms with Crippen LogP contribution in [0.25, 0.3) is 11.2 Å². The molecule has 7 nitrogen and oxygen atoms in total. The molecule has 1 saturated heterocycles. The summed E-state index contributed by atoms with van der Waals surface area (Å²) in [6.07, 6.45) is 3.86. The maximum atomic E-state index is 14.8. The molecule has 34 heavy (non-hydrogen) atoms. The van der Waals surface area contributed by atoms with Crippen LogP contribution in [0.2, 0.25) is 5.02 Å². The number of hydrogen-bond donors (Lipinski definition) is 0. The molecule has 1 fully saturated rings. The van der Waals surface area contributed by atoms with Gasteiger partial charge in [-0.15, -0.1) is 0 Å². The number of aromatic nitrogens is 4. The molecule has 1 aliphatic rings. The van der Waals surface area contributed by atoms with Crippen molar-refractivity contribution in [2.24, 2.45) is 5.92 Å². The second-order valence-electron chi connectivity index (χ2n) is 9.80. The Bertz CT molecular complexity index is 1280. The van der Waals surface area contributed by atoms with Gasteiger partial charge in [-0.05, 0) is 57.6 Å². The average molecular weight is 490 g/mol. The molecule has 9 heteroatoms. The number of fused-ring (bicyclic) bond motifs is 1. The van der Waals surface area contributed by atoms with Crippen LogP contribution in [-0.2, 0) is 13.1 Å². The van der Waals surface area contributed by atoms with Gasteiger partial charge in [-0.1, -0.05) is 31.5 Å². The number of imidazole rings is 1. The summed E-state index contributed by atoms with van der Waals surface area (Å²) < 4.78 is 19.5. The molecule has 0 aliphatic carbocycles. The van der Waals surface area contributed by atoms with Gasteiger partial charge < -0.3 is 4.90 Å². The van der Waals surface area contributed by atoms with Crippen LogP contribution in [0.4, 0.5) is 10.3 Å². The van der Waals surface area contributed by atoms with Gasteiger partial charge in [0.2, 0.25) is 5.95 Å². The van der Waals surface area contributed by atoms with Gasteiger partial charge in [-0.2, -0.15) is 4.98 Å². The Morgan fingerprint density at radius 3 is 2.38 bits per heavy atom. The van der Waals surface area contributed by atoms with Crippen molar-refractivity contribution in [2.45, 2.75) is 72.5 Å². The molecule has 1 aliphatic heterocycles. The first-order valence-corrected chi connectivity index (χ1v) is 12.5. The highest BCUT2D eigenvalue weighted by Gasteiger charge is 2.27. The van der Waals surface area contributed by atoms with Gasteiger partial charge in [0.1, 0.15) is 5.82 Å². The fourth-order valence-corrected chi connectivity index (χ4v) is 4.84. The van der Waals surface area contributed by atoms with E-state index >= 15 is 0 Å². The van der Waals surface area contributed by atoms with Crippen molar-refractivity contribution >= 4 is 28.7 Å². The highest BCUT2D eigenvalue weighted by molar-refractivity contribution is 6.31. The monoisotopic (exact) mass is 489 g/mol. The van der Waals surface area contributed by atoms with Crippen LogP contribution in [0.15, 0.2) is 27.8 Å². The smallest absolute Gasteiger partial charge is 0.332 e. The van der Waals surface area contributed by atoms with Gasteiger partial charge in [0.05, 0.1) is 6.54 Å². The van der Waals surface area contributed by atoms with Crippen molar-refractivity contribution in [1.82, 2.24) is 18.7 Å². The van der Waals surface area contributed by atoms with E-state index in [4.69, 9.17) is 16.6 Å². The predicted molar refractivity (Wildman–Crippen MR) is 135 cm³/mol. The molecular weight excluding hydrogens is 457 g/mol. The second kappa shape index (κ2) is 9.94. The average Bonchev–Trinajstić information content (AvgIpc) is 3.15. The quantitative estimate of drug-likeness (QED) is 0.477. The van der Waals surface area contributed by atoms with Gasteiger partial charge in [0.15, 0.2) is 11.2 Å². The minimum atomic E-state index is -0.434. The van der Waals surface area contributed by atoms with Gasteiger partial charge in [-0.25, -0.2) is 9.18 Å². The standard InChI is InChI=1S/C25H33ClFN5O2/c1-16(2)11-14-30-23(33)21-22(32(17(3)4)25(30)34)28-24(29-12-6-5-7-13-29)31(21)15-18-19(26)9-8-10-20(18)27/h8-10,16-17H,5-7,11-15H2,1-4H3. The second-order valence-corrected chi connectivity index (χ2v) is 10.2. The molecule has 1 aromatic carbocycles. The molecule has 0 saturated carbocycles. The van der Waals surface area contributed by atoms with E-state index in [0.717, 1.165) is 32.4 Å². The Kier molecular flexibility index (Phi) is 7.17. The van der Waals surface area contributed by atoms with E-state index in [1.807, 2.05) is 13.8 Å². The summed E-state index contributed by atoms with van der Waals surface area (Å²) in [7, 11) is 0. The summed E-state index contributed by atoms with van der Waals surface area (Å²) in [6.45, 7) is 9.90. The highest BCUT2D eigenvalue weighted by Crippen LogP contribution is 2.28. The molecule has 0 bridgehead atoms. The molecule has 3 heterocycles. The lowest BCUT2D eigenvalue weighted by atomic mass is 10.1. The molecule has 2 aromatic heterocycles. The lowest BCUT2D eigenvalue weighted by Crippen LogP contribution is -2.41. The van der Waals surface area contributed by atoms with E-state index in [1.54, 1.807) is 21.3 Å². The Morgan fingerprint density at radius 2 is 1.76 bits per heavy atom. The molecule has 0 unspecified atom stereocenters. The number of anilines is 1. The number of hydrogen-bond acceptors (Lipinski definition) is 4. The van der Waals surface area contributed by atoms with Crippen molar-refractivity contribution in [3.05, 3.63) is 55.4 Å². The number of benzene rings is 1. The lowest BCUT2D eigenvalue weighted by molar-refractivity contribution is 0.467. The normalized spacial score (nSPS) is 14.6. The molecule has 0 spiro atoms. The zero-order valence-electron chi connectivity index (χ0n) is 20.4. The van der Waals surface area contributed by atoms with Crippen LogP contribution in [0, 0.1) is 11.7 Å². The summed E-state index contributed by atoms with van der Waals surface area (Å²) in [4.78, 5) is 34.1. The first-order valence-electron chi connectivity index (χ1n) is 12.1. The molecule has 184 valence electrons. The fraction of sp³-hybridized carbons (Fsp3) is 0.560. The van der Waals surface area contributed by atoms with Crippen LogP contribution in [0.3, 0.4) is 0 Å². The van der Waals surface area contributed by atoms with Gasteiger partial charge >= 0.3 is 5.69 Å². The maximum absolute atomic E-state index is 14.8. The van der Waals surface area contributed by atoms with Crippen LogP contribution in [0.1, 0.15) is 65.0 Å². The summed E-state index contributed by atoms with van der Waals surface area (Å²) in [5, 5.41) is 0.295. The van der Waals surface area contributed by atoms with Crippen molar-refractivity contribution in [1.29, 1.82) is 0 Å². The van der Waals surface area contributed by atoms with E-state index in [-0.39, 0.29) is 23.8 Å². The highest BCUT2D eigenvalue weighted by atomic mass is 35.5. The Balaban J connectivity index is 2.03. The van der Waals surface area contributed by atoms with Gasteiger partial charge in [-0.3, -0.25) is 18.5 Å². The van der Waals surface area contributed by atoms with Crippen LogP contribution in [0.5, 0.6) is 0 Å². The van der Waals surface area contributed by atoms with Gasteiger partial charge in [0, 0.05) is 36.3 Å². The molecule has 0 N–H and O–H groups in total. The van der Waals surface area contributed by atoms with Crippen LogP contribution in [-0.4, -0.2) is 31.8 Å². The summed E-state index contributed by atoms with van der Waals surface area (Å²) in [5.41, 5.74) is 0.223. The Hall–Kier alpha value is -2.61. The molecule has 4 rings (SSSR count). The minimum absolute atomic E-state index is 0.0591. The fourth-order valence-electron chi connectivity index (χ4n) is 4.62. The SMILES string of the molecule is CC(C)CCn1c(=O)c2c(nc(N3CCCCC3)n2Cc2c(F)cccc2Cl)n(C(C)C)c1=O. The maximum Gasteiger partial charge on any atom is 0.332 e.